The molecule has 0 aromatic carbocycles. The largest absolute Gasteiger partial charge is 0.480 e. The first kappa shape index (κ1) is 15.3. The van der Waals surface area contributed by atoms with Crippen LogP contribution in [0.4, 0.5) is 0 Å². The van der Waals surface area contributed by atoms with E-state index in [2.05, 4.69) is 10.3 Å². The molecule has 0 saturated carbocycles. The van der Waals surface area contributed by atoms with E-state index in [-0.39, 0.29) is 5.92 Å². The van der Waals surface area contributed by atoms with Crippen molar-refractivity contribution >= 4 is 12.0 Å². The Hall–Kier alpha value is -1.72. The highest BCUT2D eigenvalue weighted by atomic mass is 16.4. The number of hydrogen-bond acceptors (Lipinski definition) is 4. The second-order valence-electron chi connectivity index (χ2n) is 4.50. The van der Waals surface area contributed by atoms with Crippen LogP contribution in [0.1, 0.15) is 18.9 Å². The second-order valence-corrected chi connectivity index (χ2v) is 4.50. The number of aliphatic hydroxyl groups is 1. The number of nitrogens with one attached hydrogen (secondary N) is 1. The Bertz CT molecular complexity index is 420. The van der Waals surface area contributed by atoms with Gasteiger partial charge in [0.1, 0.15) is 6.04 Å². The van der Waals surface area contributed by atoms with Gasteiger partial charge in [-0.3, -0.25) is 9.78 Å². The topological polar surface area (TPSA) is 82.5 Å². The van der Waals surface area contributed by atoms with Crippen molar-refractivity contribution in [1.29, 1.82) is 0 Å². The lowest BCUT2D eigenvalue weighted by atomic mass is 9.94. The van der Waals surface area contributed by atoms with Gasteiger partial charge in [0.15, 0.2) is 0 Å². The predicted octanol–water partition coefficient (Wildman–Crippen LogP) is 1.15. The Kier molecular flexibility index (Phi) is 6.18. The van der Waals surface area contributed by atoms with E-state index in [0.717, 1.165) is 5.56 Å². The normalized spacial score (nSPS) is 16.2. The summed E-state index contributed by atoms with van der Waals surface area (Å²) in [6.07, 6.45) is 6.94. The molecule has 5 heteroatoms. The molecule has 0 unspecified atom stereocenters. The molecule has 0 radical (unpaired) electrons. The summed E-state index contributed by atoms with van der Waals surface area (Å²) < 4.78 is 0. The first-order valence-electron chi connectivity index (χ1n) is 6.21. The van der Waals surface area contributed by atoms with Crippen molar-refractivity contribution in [2.75, 3.05) is 7.05 Å². The average Bonchev–Trinajstić information content (AvgIpc) is 2.40. The van der Waals surface area contributed by atoms with Crippen LogP contribution < -0.4 is 5.32 Å². The fourth-order valence-electron chi connectivity index (χ4n) is 1.80. The van der Waals surface area contributed by atoms with Crippen LogP contribution in [0, 0.1) is 5.92 Å². The van der Waals surface area contributed by atoms with E-state index in [1.54, 1.807) is 12.4 Å². The number of nitrogens with zero attached hydrogens (tertiary/aromatic N) is 1. The number of carboxylic acid groups (broad SMARTS) is 1. The maximum Gasteiger partial charge on any atom is 0.323 e. The molecule has 5 nitrogen and oxygen atoms in total. The van der Waals surface area contributed by atoms with Crippen LogP contribution in [0.25, 0.3) is 6.08 Å². The van der Waals surface area contributed by atoms with Crippen LogP contribution >= 0.6 is 0 Å². The fraction of sp³-hybridized carbons (Fsp3) is 0.429. The van der Waals surface area contributed by atoms with Gasteiger partial charge in [0.25, 0.3) is 0 Å². The molecule has 1 aromatic heterocycles. The molecule has 0 spiro atoms. The van der Waals surface area contributed by atoms with Crippen molar-refractivity contribution in [1.82, 2.24) is 10.3 Å². The average molecular weight is 264 g/mol. The first-order valence-corrected chi connectivity index (χ1v) is 6.21. The van der Waals surface area contributed by atoms with Gasteiger partial charge in [0.2, 0.25) is 0 Å². The minimum Gasteiger partial charge on any atom is -0.480 e. The molecular formula is C14H20N2O3. The minimum absolute atomic E-state index is 0.151. The molecular weight excluding hydrogens is 244 g/mol. The van der Waals surface area contributed by atoms with Gasteiger partial charge in [-0.15, -0.1) is 0 Å². The molecule has 0 aliphatic rings. The van der Waals surface area contributed by atoms with E-state index < -0.39 is 18.1 Å². The maximum absolute atomic E-state index is 10.9. The Morgan fingerprint density at radius 2 is 2.32 bits per heavy atom. The summed E-state index contributed by atoms with van der Waals surface area (Å²) >= 11 is 0. The number of hydrogen-bond donors (Lipinski definition) is 3. The number of carbonyl (C=O) groups is 1. The van der Waals surface area contributed by atoms with Crippen molar-refractivity contribution < 1.29 is 15.0 Å². The van der Waals surface area contributed by atoms with Gasteiger partial charge in [-0.2, -0.15) is 0 Å². The van der Waals surface area contributed by atoms with Gasteiger partial charge >= 0.3 is 5.97 Å². The molecule has 1 heterocycles. The van der Waals surface area contributed by atoms with Crippen molar-refractivity contribution in [3.8, 4) is 0 Å². The van der Waals surface area contributed by atoms with Gasteiger partial charge in [0.05, 0.1) is 6.10 Å². The number of rotatable bonds is 7. The SMILES string of the molecule is CN[C@H](C(=O)O)[C@H](O)[C@H](C)CC=Cc1cccnc1. The molecule has 104 valence electrons. The molecule has 1 rings (SSSR count). The lowest BCUT2D eigenvalue weighted by Gasteiger charge is -2.23. The minimum atomic E-state index is -1.04. The Labute approximate surface area is 113 Å². The van der Waals surface area contributed by atoms with E-state index in [4.69, 9.17) is 5.11 Å². The van der Waals surface area contributed by atoms with E-state index in [9.17, 15) is 9.90 Å². The van der Waals surface area contributed by atoms with Gasteiger partial charge in [-0.25, -0.2) is 0 Å². The second kappa shape index (κ2) is 7.66. The van der Waals surface area contributed by atoms with Gasteiger partial charge in [-0.1, -0.05) is 25.1 Å². The summed E-state index contributed by atoms with van der Waals surface area (Å²) in [5.41, 5.74) is 0.979. The molecule has 0 aliphatic carbocycles. The molecule has 19 heavy (non-hydrogen) atoms. The zero-order chi connectivity index (χ0) is 14.3. The zero-order valence-corrected chi connectivity index (χ0v) is 11.2. The summed E-state index contributed by atoms with van der Waals surface area (Å²) in [7, 11) is 1.53. The van der Waals surface area contributed by atoms with Crippen molar-refractivity contribution in [2.24, 2.45) is 5.92 Å². The van der Waals surface area contributed by atoms with Gasteiger partial charge in [0, 0.05) is 12.4 Å². The van der Waals surface area contributed by atoms with Gasteiger partial charge in [-0.05, 0) is 31.0 Å². The molecule has 0 amide bonds. The molecule has 3 N–H and O–H groups in total. The molecule has 0 bridgehead atoms. The Morgan fingerprint density at radius 3 is 2.84 bits per heavy atom. The van der Waals surface area contributed by atoms with Gasteiger partial charge < -0.3 is 15.5 Å². The zero-order valence-electron chi connectivity index (χ0n) is 11.2. The highest BCUT2D eigenvalue weighted by molar-refractivity contribution is 5.74. The lowest BCUT2D eigenvalue weighted by molar-refractivity contribution is -0.143. The van der Waals surface area contributed by atoms with Crippen LogP contribution in [0.2, 0.25) is 0 Å². The maximum atomic E-state index is 10.9. The van der Waals surface area contributed by atoms with Crippen molar-refractivity contribution in [3.05, 3.63) is 36.2 Å². The third-order valence-electron chi connectivity index (χ3n) is 3.00. The quantitative estimate of drug-likeness (QED) is 0.688. The number of allylic oxidation sites excluding steroid dienone is 1. The number of likely N-dealkylation sites (N-methyl/N-ethyl adjacent to an activating group) is 1. The third-order valence-corrected chi connectivity index (χ3v) is 3.00. The molecule has 0 fully saturated rings. The number of carboxylic acids is 1. The number of aromatic nitrogens is 1. The predicted molar refractivity (Wildman–Crippen MR) is 73.5 cm³/mol. The summed E-state index contributed by atoms with van der Waals surface area (Å²) in [6.45, 7) is 1.82. The first-order chi connectivity index (χ1) is 9.06. The van der Waals surface area contributed by atoms with Crippen LogP contribution in [-0.2, 0) is 4.79 Å². The van der Waals surface area contributed by atoms with E-state index in [0.29, 0.717) is 6.42 Å². The summed E-state index contributed by atoms with van der Waals surface area (Å²) in [4.78, 5) is 14.9. The standard InChI is InChI=1S/C14H20N2O3/c1-10(13(17)12(15-2)14(18)19)5-3-6-11-7-4-8-16-9-11/h3-4,6-10,12-13,15,17H,5H2,1-2H3,(H,18,19)/t10-,12+,13-/m1/s1. The van der Waals surface area contributed by atoms with Crippen molar-refractivity contribution in [3.63, 3.8) is 0 Å². The van der Waals surface area contributed by atoms with E-state index in [1.165, 1.54) is 7.05 Å². The summed E-state index contributed by atoms with van der Waals surface area (Å²) in [6, 6.07) is 2.83. The number of pyridine rings is 1. The van der Waals surface area contributed by atoms with E-state index >= 15 is 0 Å². The number of aliphatic hydroxyl groups excluding tert-OH is 1. The Morgan fingerprint density at radius 1 is 1.58 bits per heavy atom. The van der Waals surface area contributed by atoms with Crippen LogP contribution in [0.3, 0.4) is 0 Å². The lowest BCUT2D eigenvalue weighted by Crippen LogP contribution is -2.47. The third kappa shape index (κ3) is 4.81. The monoisotopic (exact) mass is 264 g/mol. The molecule has 0 aliphatic heterocycles. The fourth-order valence-corrected chi connectivity index (χ4v) is 1.80. The van der Waals surface area contributed by atoms with E-state index in [1.807, 2.05) is 31.2 Å². The van der Waals surface area contributed by atoms with Crippen LogP contribution in [0.5, 0.6) is 0 Å². The number of aliphatic carboxylic acids is 1. The smallest absolute Gasteiger partial charge is 0.323 e. The molecule has 0 saturated heterocycles. The van der Waals surface area contributed by atoms with Crippen LogP contribution in [-0.4, -0.2) is 40.4 Å². The summed E-state index contributed by atoms with van der Waals surface area (Å²) in [5, 5.41) is 21.5. The summed E-state index contributed by atoms with van der Waals surface area (Å²) in [5.74, 6) is -1.19. The Balaban J connectivity index is 2.53. The van der Waals surface area contributed by atoms with Crippen LogP contribution in [0.15, 0.2) is 30.6 Å². The highest BCUT2D eigenvalue weighted by Crippen LogP contribution is 2.14. The molecule has 1 aromatic rings. The highest BCUT2D eigenvalue weighted by Gasteiger charge is 2.28. The van der Waals surface area contributed by atoms with Crippen molar-refractivity contribution in [2.45, 2.75) is 25.5 Å². The molecule has 3 atom stereocenters.